The van der Waals surface area contributed by atoms with Crippen LogP contribution in [0.15, 0.2) is 28.0 Å². The first kappa shape index (κ1) is 24.1. The molecule has 0 unspecified atom stereocenters. The van der Waals surface area contributed by atoms with Gasteiger partial charge in [-0.05, 0) is 57.1 Å². The minimum atomic E-state index is -3.74. The number of benzene rings is 1. The summed E-state index contributed by atoms with van der Waals surface area (Å²) < 4.78 is 33.0. The van der Waals surface area contributed by atoms with E-state index >= 15 is 0 Å². The molecule has 0 bridgehead atoms. The summed E-state index contributed by atoms with van der Waals surface area (Å²) in [5.41, 5.74) is 0.455. The number of sulfonamides is 1. The Bertz CT molecular complexity index is 887. The molecule has 1 aromatic carbocycles. The number of amides is 1. The summed E-state index contributed by atoms with van der Waals surface area (Å²) in [5, 5.41) is 0. The van der Waals surface area contributed by atoms with Crippen molar-refractivity contribution in [1.82, 2.24) is 9.21 Å². The van der Waals surface area contributed by atoms with Gasteiger partial charge >= 0.3 is 5.97 Å². The van der Waals surface area contributed by atoms with Crippen LogP contribution in [0.4, 0.5) is 0 Å². The average molecular weight is 469 g/mol. The van der Waals surface area contributed by atoms with E-state index in [0.717, 1.165) is 30.6 Å². The lowest BCUT2D eigenvalue weighted by atomic mass is 9.98. The predicted octanol–water partition coefficient (Wildman–Crippen LogP) is 3.39. The van der Waals surface area contributed by atoms with Gasteiger partial charge in [0.05, 0.1) is 23.0 Å². The van der Waals surface area contributed by atoms with Crippen LogP contribution in [-0.4, -0.2) is 68.5 Å². The summed E-state index contributed by atoms with van der Waals surface area (Å²) in [5.74, 6) is -0.607. The zero-order valence-electron chi connectivity index (χ0n) is 18.3. The van der Waals surface area contributed by atoms with Gasteiger partial charge < -0.3 is 9.64 Å². The van der Waals surface area contributed by atoms with E-state index in [2.05, 4.69) is 0 Å². The minimum absolute atomic E-state index is 0.0932. The Hall–Kier alpha value is -1.58. The number of piperidine rings is 1. The van der Waals surface area contributed by atoms with Crippen LogP contribution < -0.4 is 0 Å². The zero-order chi connectivity index (χ0) is 22.4. The second kappa shape index (κ2) is 10.8. The van der Waals surface area contributed by atoms with Gasteiger partial charge in [-0.15, -0.1) is 11.8 Å². The molecule has 2 aliphatic rings. The third kappa shape index (κ3) is 5.62. The van der Waals surface area contributed by atoms with Crippen LogP contribution in [0.1, 0.15) is 55.8 Å². The van der Waals surface area contributed by atoms with Crippen LogP contribution in [0.3, 0.4) is 0 Å². The summed E-state index contributed by atoms with van der Waals surface area (Å²) in [6.45, 7) is 4.06. The number of thioether (sulfide) groups is 1. The van der Waals surface area contributed by atoms with Crippen LogP contribution in [0.5, 0.6) is 0 Å². The molecule has 7 nitrogen and oxygen atoms in total. The fourth-order valence-electron chi connectivity index (χ4n) is 4.20. The fourth-order valence-corrected chi connectivity index (χ4v) is 6.27. The molecule has 1 aromatic rings. The van der Waals surface area contributed by atoms with Gasteiger partial charge in [0.2, 0.25) is 10.0 Å². The third-order valence-corrected chi connectivity index (χ3v) is 8.70. The molecule has 172 valence electrons. The molecular formula is C22H32N2O5S2. The van der Waals surface area contributed by atoms with E-state index in [1.54, 1.807) is 19.1 Å². The Balaban J connectivity index is 1.80. The molecule has 2 heterocycles. The van der Waals surface area contributed by atoms with Crippen molar-refractivity contribution in [1.29, 1.82) is 0 Å². The van der Waals surface area contributed by atoms with Crippen molar-refractivity contribution in [2.45, 2.75) is 55.2 Å². The van der Waals surface area contributed by atoms with Crippen molar-refractivity contribution < 1.29 is 22.7 Å². The molecule has 2 saturated heterocycles. The first-order valence-corrected chi connectivity index (χ1v) is 13.7. The highest BCUT2D eigenvalue weighted by Crippen LogP contribution is 2.29. The van der Waals surface area contributed by atoms with Gasteiger partial charge in [-0.25, -0.2) is 8.42 Å². The Kier molecular flexibility index (Phi) is 8.41. The van der Waals surface area contributed by atoms with Crippen LogP contribution >= 0.6 is 11.8 Å². The zero-order valence-corrected chi connectivity index (χ0v) is 20.0. The minimum Gasteiger partial charge on any atom is -0.466 e. The molecule has 2 fully saturated rings. The molecule has 0 saturated carbocycles. The van der Waals surface area contributed by atoms with Crippen molar-refractivity contribution in [2.24, 2.45) is 5.92 Å². The standard InChI is InChI=1S/C22H32N2O5S2/c1-3-29-22(26)17-10-14-24(15-11-17)31(27,28)18-8-9-20(30-2)19(16-18)21(25)23-12-6-4-5-7-13-23/h8-9,16-17H,3-7,10-15H2,1-2H3. The van der Waals surface area contributed by atoms with Crippen LogP contribution in [0.25, 0.3) is 0 Å². The Morgan fingerprint density at radius 3 is 2.29 bits per heavy atom. The molecule has 0 N–H and O–H groups in total. The molecule has 0 aromatic heterocycles. The second-order valence-electron chi connectivity index (χ2n) is 8.00. The fraction of sp³-hybridized carbons (Fsp3) is 0.636. The summed E-state index contributed by atoms with van der Waals surface area (Å²) >= 11 is 1.45. The van der Waals surface area contributed by atoms with Gasteiger partial charge in [0.25, 0.3) is 5.91 Å². The van der Waals surface area contributed by atoms with Gasteiger partial charge in [-0.3, -0.25) is 9.59 Å². The molecule has 0 aliphatic carbocycles. The number of carbonyl (C=O) groups is 2. The van der Waals surface area contributed by atoms with Crippen molar-refractivity contribution in [2.75, 3.05) is 39.0 Å². The molecule has 3 rings (SSSR count). The number of nitrogens with zero attached hydrogens (tertiary/aromatic N) is 2. The Morgan fingerprint density at radius 1 is 1.06 bits per heavy atom. The Labute approximate surface area is 189 Å². The lowest BCUT2D eigenvalue weighted by molar-refractivity contribution is -0.149. The van der Waals surface area contributed by atoms with E-state index in [1.807, 2.05) is 11.2 Å². The number of carbonyl (C=O) groups excluding carboxylic acids is 2. The van der Waals surface area contributed by atoms with Crippen LogP contribution in [0, 0.1) is 5.92 Å². The van der Waals surface area contributed by atoms with Crippen molar-refractivity contribution in [3.05, 3.63) is 23.8 Å². The Morgan fingerprint density at radius 2 is 1.71 bits per heavy atom. The number of hydrogen-bond acceptors (Lipinski definition) is 6. The highest BCUT2D eigenvalue weighted by molar-refractivity contribution is 7.98. The summed E-state index contributed by atoms with van der Waals surface area (Å²) in [4.78, 5) is 27.9. The number of likely N-dealkylation sites (tertiary alicyclic amines) is 1. The van der Waals surface area contributed by atoms with Gasteiger partial charge in [0.1, 0.15) is 0 Å². The molecule has 31 heavy (non-hydrogen) atoms. The van der Waals surface area contributed by atoms with Gasteiger partial charge in [0.15, 0.2) is 0 Å². The molecule has 1 amide bonds. The summed E-state index contributed by atoms with van der Waals surface area (Å²) in [6.07, 6.45) is 6.98. The van der Waals surface area contributed by atoms with E-state index in [0.29, 0.717) is 38.1 Å². The maximum absolute atomic E-state index is 13.3. The highest BCUT2D eigenvalue weighted by atomic mass is 32.2. The lowest BCUT2D eigenvalue weighted by Gasteiger charge is -2.30. The SMILES string of the molecule is CCOC(=O)C1CCN(S(=O)(=O)c2ccc(SC)c(C(=O)N3CCCCCC3)c2)CC1. The maximum atomic E-state index is 13.3. The van der Waals surface area contributed by atoms with E-state index in [-0.39, 0.29) is 35.8 Å². The smallest absolute Gasteiger partial charge is 0.309 e. The van der Waals surface area contributed by atoms with Crippen molar-refractivity contribution in [3.63, 3.8) is 0 Å². The first-order chi connectivity index (χ1) is 14.9. The highest BCUT2D eigenvalue weighted by Gasteiger charge is 2.33. The molecule has 0 spiro atoms. The molecule has 9 heteroatoms. The molecular weight excluding hydrogens is 436 g/mol. The molecule has 2 aliphatic heterocycles. The number of hydrogen-bond donors (Lipinski definition) is 0. The maximum Gasteiger partial charge on any atom is 0.309 e. The van der Waals surface area contributed by atoms with Gasteiger partial charge in [-0.1, -0.05) is 12.8 Å². The average Bonchev–Trinajstić information content (AvgIpc) is 3.08. The summed E-state index contributed by atoms with van der Waals surface area (Å²) in [6, 6.07) is 4.84. The third-order valence-electron chi connectivity index (χ3n) is 6.01. The number of esters is 1. The number of ether oxygens (including phenoxy) is 1. The quantitative estimate of drug-likeness (QED) is 0.470. The van der Waals surface area contributed by atoms with E-state index in [4.69, 9.17) is 4.74 Å². The van der Waals surface area contributed by atoms with E-state index < -0.39 is 10.0 Å². The van der Waals surface area contributed by atoms with Crippen LogP contribution in [-0.2, 0) is 19.6 Å². The first-order valence-electron chi connectivity index (χ1n) is 11.0. The molecule has 0 radical (unpaired) electrons. The van der Waals surface area contributed by atoms with Gasteiger partial charge in [0, 0.05) is 31.1 Å². The second-order valence-corrected chi connectivity index (χ2v) is 10.8. The lowest BCUT2D eigenvalue weighted by Crippen LogP contribution is -2.40. The predicted molar refractivity (Wildman–Crippen MR) is 121 cm³/mol. The van der Waals surface area contributed by atoms with Crippen molar-refractivity contribution >= 4 is 33.7 Å². The van der Waals surface area contributed by atoms with Crippen LogP contribution in [0.2, 0.25) is 0 Å². The van der Waals surface area contributed by atoms with E-state index in [9.17, 15) is 18.0 Å². The van der Waals surface area contributed by atoms with Crippen molar-refractivity contribution in [3.8, 4) is 0 Å². The largest absolute Gasteiger partial charge is 0.466 e. The number of rotatable bonds is 6. The summed E-state index contributed by atoms with van der Waals surface area (Å²) in [7, 11) is -3.74. The normalized spacial score (nSPS) is 19.1. The van der Waals surface area contributed by atoms with E-state index in [1.165, 1.54) is 22.1 Å². The van der Waals surface area contributed by atoms with Gasteiger partial charge in [-0.2, -0.15) is 4.31 Å². The monoisotopic (exact) mass is 468 g/mol. The topological polar surface area (TPSA) is 84.0 Å². The molecule has 0 atom stereocenters.